The number of carbonyl (C=O) groups is 1. The molecule has 0 saturated carbocycles. The van der Waals surface area contributed by atoms with Crippen molar-refractivity contribution in [2.24, 2.45) is 0 Å². The van der Waals surface area contributed by atoms with Crippen LogP contribution in [0.3, 0.4) is 0 Å². The fraction of sp³-hybridized carbons (Fsp3) is 0.231. The number of piperidine rings is 1. The Kier molecular flexibility index (Phi) is 5.76. The maximum absolute atomic E-state index is 13.6. The molecule has 5 aromatic rings. The Balaban J connectivity index is 1.21. The Morgan fingerprint density at radius 1 is 1.03 bits per heavy atom. The number of aromatic nitrogens is 3. The van der Waals surface area contributed by atoms with Crippen molar-refractivity contribution in [3.05, 3.63) is 83.3 Å². The molecule has 2 aromatic carbocycles. The summed E-state index contributed by atoms with van der Waals surface area (Å²) in [4.78, 5) is 28.9. The summed E-state index contributed by atoms with van der Waals surface area (Å²) in [5.74, 6) is 1.36. The van der Waals surface area contributed by atoms with Crippen molar-refractivity contribution < 1.29 is 9.21 Å². The molecule has 4 heterocycles. The number of nitrogens with zero attached hydrogens (tertiary/aromatic N) is 4. The average Bonchev–Trinajstić information content (AvgIpc) is 3.49. The molecule has 0 bridgehead atoms. The minimum Gasteiger partial charge on any atom is -0.451 e. The normalized spacial score (nSPS) is 14.8. The number of hydrogen-bond donors (Lipinski definition) is 0. The van der Waals surface area contributed by atoms with E-state index in [0.29, 0.717) is 35.7 Å². The highest BCUT2D eigenvalue weighted by atomic mass is 32.2. The lowest BCUT2D eigenvalue weighted by Crippen LogP contribution is -2.38. The molecule has 0 spiro atoms. The lowest BCUT2D eigenvalue weighted by molar-refractivity contribution is 0.0682. The molecule has 0 atom stereocenters. The third kappa shape index (κ3) is 4.08. The Morgan fingerprint density at radius 2 is 1.79 bits per heavy atom. The molecule has 6 nitrogen and oxygen atoms in total. The Hall–Kier alpha value is -3.23. The van der Waals surface area contributed by atoms with Crippen molar-refractivity contribution in [1.29, 1.82) is 0 Å². The number of benzene rings is 2. The topological polar surface area (TPSA) is 72.1 Å². The highest BCUT2D eigenvalue weighted by molar-refractivity contribution is 7.98. The Labute approximate surface area is 205 Å². The van der Waals surface area contributed by atoms with E-state index in [1.807, 2.05) is 35.2 Å². The van der Waals surface area contributed by atoms with Crippen LogP contribution in [0.15, 0.2) is 76.6 Å². The van der Waals surface area contributed by atoms with Crippen molar-refractivity contribution in [1.82, 2.24) is 19.9 Å². The lowest BCUT2D eigenvalue weighted by Gasteiger charge is -2.30. The number of thiazole rings is 1. The molecule has 8 heteroatoms. The molecule has 1 aliphatic heterocycles. The zero-order valence-electron chi connectivity index (χ0n) is 18.4. The Bertz CT molecular complexity index is 1420. The molecule has 170 valence electrons. The summed E-state index contributed by atoms with van der Waals surface area (Å²) in [6.07, 6.45) is 5.27. The van der Waals surface area contributed by atoms with Gasteiger partial charge < -0.3 is 9.32 Å². The van der Waals surface area contributed by atoms with Crippen LogP contribution in [0.4, 0.5) is 0 Å². The monoisotopic (exact) mass is 486 g/mol. The second-order valence-corrected chi connectivity index (χ2v) is 10.3. The van der Waals surface area contributed by atoms with E-state index in [4.69, 9.17) is 9.40 Å². The smallest absolute Gasteiger partial charge is 0.289 e. The number of carbonyl (C=O) groups excluding carboxylic acids is 1. The summed E-state index contributed by atoms with van der Waals surface area (Å²) in [7, 11) is 0. The van der Waals surface area contributed by atoms with Crippen LogP contribution in [-0.2, 0) is 5.75 Å². The van der Waals surface area contributed by atoms with Crippen molar-refractivity contribution in [3.8, 4) is 0 Å². The minimum atomic E-state index is -0.0384. The molecule has 34 heavy (non-hydrogen) atoms. The molecule has 0 radical (unpaired) electrons. The fourth-order valence-electron chi connectivity index (χ4n) is 4.45. The average molecular weight is 487 g/mol. The maximum atomic E-state index is 13.6. The summed E-state index contributed by atoms with van der Waals surface area (Å²) < 4.78 is 7.32. The van der Waals surface area contributed by atoms with Gasteiger partial charge in [-0.15, -0.1) is 11.3 Å². The molecular formula is C26H22N4O2S2. The molecule has 0 aliphatic carbocycles. The highest BCUT2D eigenvalue weighted by Gasteiger charge is 2.30. The molecule has 1 saturated heterocycles. The van der Waals surface area contributed by atoms with E-state index in [1.54, 1.807) is 29.8 Å². The lowest BCUT2D eigenvalue weighted by atomic mass is 9.97. The number of fused-ring (bicyclic) bond motifs is 2. The third-order valence-corrected chi connectivity index (χ3v) is 8.32. The summed E-state index contributed by atoms with van der Waals surface area (Å²) in [6, 6.07) is 17.9. The van der Waals surface area contributed by atoms with Gasteiger partial charge in [-0.2, -0.15) is 0 Å². The van der Waals surface area contributed by atoms with Gasteiger partial charge in [0.2, 0.25) is 0 Å². The number of likely N-dealkylation sites (tertiary alicyclic amines) is 1. The SMILES string of the molecule is O=C(c1oc2ccccc2c1CSc1ncccn1)N1CCC(c2nc3ccccc3s2)CC1. The van der Waals surface area contributed by atoms with Crippen LogP contribution in [0, 0.1) is 0 Å². The van der Waals surface area contributed by atoms with Gasteiger partial charge in [-0.25, -0.2) is 15.0 Å². The van der Waals surface area contributed by atoms with E-state index in [9.17, 15) is 4.79 Å². The zero-order valence-corrected chi connectivity index (χ0v) is 20.0. The quantitative estimate of drug-likeness (QED) is 0.219. The van der Waals surface area contributed by atoms with Gasteiger partial charge in [0, 0.05) is 48.1 Å². The van der Waals surface area contributed by atoms with Gasteiger partial charge in [-0.05, 0) is 37.1 Å². The van der Waals surface area contributed by atoms with Crippen LogP contribution in [0.25, 0.3) is 21.2 Å². The summed E-state index contributed by atoms with van der Waals surface area (Å²) >= 11 is 3.28. The first-order valence-electron chi connectivity index (χ1n) is 11.3. The van der Waals surface area contributed by atoms with E-state index in [-0.39, 0.29) is 5.91 Å². The first-order chi connectivity index (χ1) is 16.8. The van der Waals surface area contributed by atoms with Crippen LogP contribution >= 0.6 is 23.1 Å². The minimum absolute atomic E-state index is 0.0384. The standard InChI is InChI=1S/C26H22N4O2S2/c31-25(30-14-10-17(11-15-30)24-29-20-7-2-4-9-22(20)34-24)23-19(16-33-26-27-12-5-13-28-26)18-6-1-3-8-21(18)32-23/h1-9,12-13,17H,10-11,14-16H2. The summed E-state index contributed by atoms with van der Waals surface area (Å²) in [5, 5.41) is 2.83. The summed E-state index contributed by atoms with van der Waals surface area (Å²) in [5.41, 5.74) is 2.71. The van der Waals surface area contributed by atoms with Crippen LogP contribution < -0.4 is 0 Å². The zero-order chi connectivity index (χ0) is 22.9. The number of amides is 1. The fourth-order valence-corrected chi connectivity index (χ4v) is 6.42. The van der Waals surface area contributed by atoms with Crippen molar-refractivity contribution in [2.75, 3.05) is 13.1 Å². The van der Waals surface area contributed by atoms with Gasteiger partial charge in [0.05, 0.1) is 15.2 Å². The second kappa shape index (κ2) is 9.19. The maximum Gasteiger partial charge on any atom is 0.289 e. The van der Waals surface area contributed by atoms with Crippen molar-refractivity contribution >= 4 is 50.2 Å². The second-order valence-electron chi connectivity index (χ2n) is 8.31. The van der Waals surface area contributed by atoms with E-state index in [2.05, 4.69) is 28.2 Å². The van der Waals surface area contributed by atoms with Crippen molar-refractivity contribution in [3.63, 3.8) is 0 Å². The predicted molar refractivity (Wildman–Crippen MR) is 135 cm³/mol. The van der Waals surface area contributed by atoms with E-state index >= 15 is 0 Å². The van der Waals surface area contributed by atoms with Gasteiger partial charge in [-0.3, -0.25) is 4.79 Å². The van der Waals surface area contributed by atoms with Gasteiger partial charge >= 0.3 is 0 Å². The molecule has 1 aliphatic rings. The van der Waals surface area contributed by atoms with E-state index in [0.717, 1.165) is 34.9 Å². The van der Waals surface area contributed by atoms with Crippen LogP contribution in [-0.4, -0.2) is 38.8 Å². The number of thioether (sulfide) groups is 1. The number of para-hydroxylation sites is 2. The number of furan rings is 1. The van der Waals surface area contributed by atoms with Gasteiger partial charge in [0.15, 0.2) is 10.9 Å². The van der Waals surface area contributed by atoms with Crippen LogP contribution in [0.2, 0.25) is 0 Å². The highest BCUT2D eigenvalue weighted by Crippen LogP contribution is 2.36. The van der Waals surface area contributed by atoms with Crippen LogP contribution in [0.5, 0.6) is 0 Å². The van der Waals surface area contributed by atoms with Gasteiger partial charge in [-0.1, -0.05) is 42.1 Å². The Morgan fingerprint density at radius 3 is 2.62 bits per heavy atom. The molecule has 6 rings (SSSR count). The van der Waals surface area contributed by atoms with Gasteiger partial charge in [0.1, 0.15) is 5.58 Å². The van der Waals surface area contributed by atoms with Crippen molar-refractivity contribution in [2.45, 2.75) is 29.7 Å². The first-order valence-corrected chi connectivity index (χ1v) is 13.1. The summed E-state index contributed by atoms with van der Waals surface area (Å²) in [6.45, 7) is 1.40. The van der Waals surface area contributed by atoms with E-state index in [1.165, 1.54) is 21.5 Å². The number of rotatable bonds is 5. The predicted octanol–water partition coefficient (Wildman–Crippen LogP) is 6.14. The van der Waals surface area contributed by atoms with E-state index < -0.39 is 0 Å². The molecule has 0 N–H and O–H groups in total. The van der Waals surface area contributed by atoms with Crippen LogP contribution in [0.1, 0.15) is 39.9 Å². The number of hydrogen-bond acceptors (Lipinski definition) is 7. The molecule has 0 unspecified atom stereocenters. The molecule has 1 amide bonds. The largest absolute Gasteiger partial charge is 0.451 e. The molecule has 1 fully saturated rings. The molecule has 3 aromatic heterocycles. The molecular weight excluding hydrogens is 464 g/mol. The third-order valence-electron chi connectivity index (χ3n) is 6.22. The van der Waals surface area contributed by atoms with Gasteiger partial charge in [0.25, 0.3) is 5.91 Å². The first kappa shape index (κ1) is 21.3.